The number of rotatable bonds is 9. The fourth-order valence-electron chi connectivity index (χ4n) is 3.78. The van der Waals surface area contributed by atoms with E-state index in [1.54, 1.807) is 48.5 Å². The molecule has 39 heavy (non-hydrogen) atoms. The summed E-state index contributed by atoms with van der Waals surface area (Å²) in [6.45, 7) is 3.69. The van der Waals surface area contributed by atoms with Gasteiger partial charge in [-0.15, -0.1) is 0 Å². The molecule has 12 heteroatoms. The van der Waals surface area contributed by atoms with Crippen molar-refractivity contribution in [2.45, 2.75) is 13.8 Å². The van der Waals surface area contributed by atoms with Crippen LogP contribution in [-0.2, 0) is 22.5 Å². The zero-order valence-corrected chi connectivity index (χ0v) is 22.3. The van der Waals surface area contributed by atoms with Crippen molar-refractivity contribution in [2.24, 2.45) is 0 Å². The van der Waals surface area contributed by atoms with Gasteiger partial charge in [0, 0.05) is 6.07 Å². The summed E-state index contributed by atoms with van der Waals surface area (Å²) in [5, 5.41) is 9.90. The van der Waals surface area contributed by atoms with E-state index in [0.29, 0.717) is 5.69 Å². The second-order valence-corrected chi connectivity index (χ2v) is 10.1. The highest BCUT2D eigenvalue weighted by Gasteiger charge is 2.24. The van der Waals surface area contributed by atoms with Crippen LogP contribution in [0.5, 0.6) is 11.5 Å². The molecule has 0 spiro atoms. The normalized spacial score (nSPS) is 12.4. The van der Waals surface area contributed by atoms with Crippen LogP contribution < -0.4 is 13.3 Å². The average molecular weight is 571 g/mol. The molecule has 2 atom stereocenters. The highest BCUT2D eigenvalue weighted by Crippen LogP contribution is 2.40. The van der Waals surface area contributed by atoms with Gasteiger partial charge in [-0.05, 0) is 68.4 Å². The average Bonchev–Trinajstić information content (AvgIpc) is 2.88. The number of carboxylic acid groups (broad SMARTS) is 1. The first-order valence-corrected chi connectivity index (χ1v) is 13.5. The number of aryl methyl sites for hydroxylation is 2. The quantitative estimate of drug-likeness (QED) is 0.197. The van der Waals surface area contributed by atoms with Gasteiger partial charge >= 0.3 is 5.97 Å². The van der Waals surface area contributed by atoms with E-state index in [0.717, 1.165) is 37.9 Å². The number of carbonyl (C=O) groups is 1. The van der Waals surface area contributed by atoms with Crippen LogP contribution in [0.15, 0.2) is 84.9 Å². The van der Waals surface area contributed by atoms with E-state index in [1.807, 2.05) is 13.8 Å². The number of halogens is 1. The Hall–Kier alpha value is -4.10. The van der Waals surface area contributed by atoms with Gasteiger partial charge < -0.3 is 9.84 Å². The number of aromatic carboxylic acids is 1. The second kappa shape index (κ2) is 11.7. The van der Waals surface area contributed by atoms with Crippen LogP contribution in [0.2, 0.25) is 0 Å². The second-order valence-electron chi connectivity index (χ2n) is 8.42. The number of benzene rings is 4. The molecule has 4 aromatic carbocycles. The Kier molecular flexibility index (Phi) is 8.41. The van der Waals surface area contributed by atoms with Gasteiger partial charge in [0.25, 0.3) is 22.5 Å². The molecule has 202 valence electrons. The minimum Gasteiger partial charge on any atom is -0.478 e. The van der Waals surface area contributed by atoms with Crippen molar-refractivity contribution in [3.05, 3.63) is 107 Å². The van der Waals surface area contributed by atoms with Crippen molar-refractivity contribution >= 4 is 51.3 Å². The van der Waals surface area contributed by atoms with Crippen LogP contribution in [0.25, 0.3) is 0 Å². The molecule has 3 N–H and O–H groups in total. The fraction of sp³-hybridized carbons (Fsp3) is 0.0741. The molecular formula is C27H23FN2O7S2. The SMILES string of the molecule is Cc1ccc(N(c2ccc(F)cc2Oc2ccc(N(c3ccc(C)cc3)S(=O)O)c(C(=O)O)c2)S(=O)O)cc1. The third kappa shape index (κ3) is 6.32. The summed E-state index contributed by atoms with van der Waals surface area (Å²) in [6.07, 6.45) is 0. The molecule has 0 aliphatic heterocycles. The minimum absolute atomic E-state index is 0.0415. The van der Waals surface area contributed by atoms with Crippen molar-refractivity contribution in [2.75, 3.05) is 8.61 Å². The monoisotopic (exact) mass is 570 g/mol. The maximum absolute atomic E-state index is 14.3. The fourth-order valence-corrected chi connectivity index (χ4v) is 5.03. The van der Waals surface area contributed by atoms with Crippen molar-refractivity contribution < 1.29 is 36.6 Å². The number of hydrogen-bond acceptors (Lipinski definition) is 4. The van der Waals surface area contributed by atoms with Gasteiger partial charge in [-0.3, -0.25) is 9.11 Å². The Morgan fingerprint density at radius 2 is 1.23 bits per heavy atom. The number of nitrogens with zero attached hydrogens (tertiary/aromatic N) is 2. The number of anilines is 4. The Balaban J connectivity index is 1.78. The maximum Gasteiger partial charge on any atom is 0.337 e. The topological polar surface area (TPSA) is 128 Å². The Morgan fingerprint density at radius 1 is 0.744 bits per heavy atom. The zero-order chi connectivity index (χ0) is 28.3. The molecule has 0 saturated carbocycles. The lowest BCUT2D eigenvalue weighted by Crippen LogP contribution is -2.22. The highest BCUT2D eigenvalue weighted by atomic mass is 32.2. The number of ether oxygens (including phenoxy) is 1. The van der Waals surface area contributed by atoms with Crippen LogP contribution in [-0.4, -0.2) is 28.6 Å². The Labute approximate surface area is 228 Å². The summed E-state index contributed by atoms with van der Waals surface area (Å²) >= 11 is -5.18. The van der Waals surface area contributed by atoms with Crippen LogP contribution in [0, 0.1) is 19.7 Å². The number of hydrogen-bond donors (Lipinski definition) is 3. The van der Waals surface area contributed by atoms with Crippen LogP contribution in [0.4, 0.5) is 27.1 Å². The minimum atomic E-state index is -2.61. The molecular weight excluding hydrogens is 547 g/mol. The van der Waals surface area contributed by atoms with Gasteiger partial charge in [0.15, 0.2) is 5.75 Å². The Bertz CT molecular complexity index is 1560. The molecule has 0 bridgehead atoms. The van der Waals surface area contributed by atoms with Crippen molar-refractivity contribution in [3.63, 3.8) is 0 Å². The molecule has 0 fully saturated rings. The zero-order valence-electron chi connectivity index (χ0n) is 20.6. The van der Waals surface area contributed by atoms with E-state index in [1.165, 1.54) is 18.2 Å². The molecule has 0 aromatic heterocycles. The molecule has 0 heterocycles. The third-order valence-electron chi connectivity index (χ3n) is 5.64. The summed E-state index contributed by atoms with van der Waals surface area (Å²) < 4.78 is 66.6. The first-order valence-electron chi connectivity index (χ1n) is 11.4. The first kappa shape index (κ1) is 27.9. The lowest BCUT2D eigenvalue weighted by molar-refractivity contribution is 0.0697. The molecule has 0 aliphatic rings. The molecule has 4 rings (SSSR count). The standard InChI is InChI=1S/C27H23FN2O7S2/c1-17-3-8-20(9-4-17)29(38(33)34)24-14-12-22(16-23(24)27(31)32)37-26-15-19(28)7-13-25(26)30(39(35)36)21-10-5-18(2)6-11-21/h3-16H,1-2H3,(H,31,32)(H,33,34)(H,35,36). The summed E-state index contributed by atoms with van der Waals surface area (Å²) in [5.41, 5.74) is 2.02. The van der Waals surface area contributed by atoms with E-state index in [4.69, 9.17) is 4.74 Å². The predicted molar refractivity (Wildman–Crippen MR) is 148 cm³/mol. The van der Waals surface area contributed by atoms with Crippen LogP contribution >= 0.6 is 0 Å². The third-order valence-corrected chi connectivity index (χ3v) is 7.07. The number of carboxylic acids is 1. The van der Waals surface area contributed by atoms with Crippen molar-refractivity contribution in [1.29, 1.82) is 0 Å². The molecule has 2 unspecified atom stereocenters. The van der Waals surface area contributed by atoms with Gasteiger partial charge in [-0.25, -0.2) is 26.2 Å². The highest BCUT2D eigenvalue weighted by molar-refractivity contribution is 7.81. The molecule has 0 saturated heterocycles. The van der Waals surface area contributed by atoms with E-state index in [-0.39, 0.29) is 34.1 Å². The molecule has 0 aliphatic carbocycles. The largest absolute Gasteiger partial charge is 0.478 e. The Morgan fingerprint density at radius 3 is 1.72 bits per heavy atom. The summed E-state index contributed by atoms with van der Waals surface area (Å²) in [6, 6.07) is 20.4. The summed E-state index contributed by atoms with van der Waals surface area (Å²) in [4.78, 5) is 12.2. The molecule has 0 radical (unpaired) electrons. The van der Waals surface area contributed by atoms with E-state index in [9.17, 15) is 31.8 Å². The molecule has 0 amide bonds. The van der Waals surface area contributed by atoms with Gasteiger partial charge in [0.1, 0.15) is 11.6 Å². The van der Waals surface area contributed by atoms with Crippen LogP contribution in [0.3, 0.4) is 0 Å². The van der Waals surface area contributed by atoms with Gasteiger partial charge in [0.05, 0.1) is 28.3 Å². The van der Waals surface area contributed by atoms with E-state index < -0.39 is 34.3 Å². The lowest BCUT2D eigenvalue weighted by atomic mass is 10.1. The summed E-state index contributed by atoms with van der Waals surface area (Å²) in [5.74, 6) is -2.32. The van der Waals surface area contributed by atoms with E-state index >= 15 is 0 Å². The smallest absolute Gasteiger partial charge is 0.337 e. The lowest BCUT2D eigenvalue weighted by Gasteiger charge is -2.24. The predicted octanol–water partition coefficient (Wildman–Crippen LogP) is 6.48. The maximum atomic E-state index is 14.3. The van der Waals surface area contributed by atoms with E-state index in [2.05, 4.69) is 0 Å². The molecule has 9 nitrogen and oxygen atoms in total. The van der Waals surface area contributed by atoms with Gasteiger partial charge in [0.2, 0.25) is 0 Å². The van der Waals surface area contributed by atoms with Gasteiger partial charge in [-0.2, -0.15) is 0 Å². The van der Waals surface area contributed by atoms with Gasteiger partial charge in [-0.1, -0.05) is 35.4 Å². The van der Waals surface area contributed by atoms with Crippen molar-refractivity contribution in [3.8, 4) is 11.5 Å². The first-order chi connectivity index (χ1) is 18.5. The summed E-state index contributed by atoms with van der Waals surface area (Å²) in [7, 11) is 0. The van der Waals surface area contributed by atoms with Crippen molar-refractivity contribution in [1.82, 2.24) is 0 Å². The molecule has 4 aromatic rings. The van der Waals surface area contributed by atoms with Crippen LogP contribution in [0.1, 0.15) is 21.5 Å².